The van der Waals surface area contributed by atoms with Crippen molar-refractivity contribution in [3.8, 4) is 0 Å². The van der Waals surface area contributed by atoms with Gasteiger partial charge >= 0.3 is 0 Å². The van der Waals surface area contributed by atoms with Gasteiger partial charge in [0, 0.05) is 7.05 Å². The lowest BCUT2D eigenvalue weighted by Crippen LogP contribution is -2.19. The molecular formula is C18H17ClN2O3S2. The van der Waals surface area contributed by atoms with Gasteiger partial charge in [0.05, 0.1) is 20.1 Å². The fourth-order valence-electron chi connectivity index (χ4n) is 2.64. The number of hydrogen-bond donors (Lipinski definition) is 0. The maximum absolute atomic E-state index is 12.4. The van der Waals surface area contributed by atoms with Crippen LogP contribution in [0.1, 0.15) is 11.1 Å². The van der Waals surface area contributed by atoms with E-state index in [9.17, 15) is 13.2 Å². The van der Waals surface area contributed by atoms with Crippen molar-refractivity contribution in [2.45, 2.75) is 18.7 Å². The molecule has 8 heteroatoms. The van der Waals surface area contributed by atoms with E-state index < -0.39 is 21.5 Å². The second kappa shape index (κ2) is 6.98. The van der Waals surface area contributed by atoms with Gasteiger partial charge in [-0.25, -0.2) is 8.42 Å². The molecule has 136 valence electrons. The lowest BCUT2D eigenvalue weighted by atomic mass is 10.2. The van der Waals surface area contributed by atoms with Crippen molar-refractivity contribution in [1.29, 1.82) is 0 Å². The molecule has 0 radical (unpaired) electrons. The molecule has 1 amide bonds. The lowest BCUT2D eigenvalue weighted by Gasteiger charge is -2.02. The summed E-state index contributed by atoms with van der Waals surface area (Å²) in [7, 11) is -1.95. The van der Waals surface area contributed by atoms with Crippen LogP contribution in [0.25, 0.3) is 10.2 Å². The van der Waals surface area contributed by atoms with Crippen LogP contribution in [0.15, 0.2) is 46.3 Å². The van der Waals surface area contributed by atoms with Gasteiger partial charge in [-0.3, -0.25) is 4.79 Å². The zero-order valence-electron chi connectivity index (χ0n) is 14.5. The van der Waals surface area contributed by atoms with Crippen molar-refractivity contribution in [3.05, 3.63) is 57.3 Å². The molecule has 2 aromatic carbocycles. The van der Waals surface area contributed by atoms with Crippen molar-refractivity contribution >= 4 is 48.9 Å². The smallest absolute Gasteiger partial charge is 0.263 e. The van der Waals surface area contributed by atoms with Gasteiger partial charge in [-0.05, 0) is 37.6 Å². The molecule has 1 aromatic heterocycles. The van der Waals surface area contributed by atoms with Crippen molar-refractivity contribution in [2.75, 3.05) is 5.75 Å². The van der Waals surface area contributed by atoms with Gasteiger partial charge in [0.2, 0.25) is 0 Å². The maximum atomic E-state index is 12.4. The molecule has 5 nitrogen and oxygen atoms in total. The second-order valence-electron chi connectivity index (χ2n) is 6.06. The van der Waals surface area contributed by atoms with Gasteiger partial charge in [-0.1, -0.05) is 46.7 Å². The van der Waals surface area contributed by atoms with Crippen molar-refractivity contribution < 1.29 is 13.2 Å². The molecular weight excluding hydrogens is 392 g/mol. The number of carbonyl (C=O) groups excluding carboxylic acids is 1. The van der Waals surface area contributed by atoms with Gasteiger partial charge in [0.15, 0.2) is 14.6 Å². The number of halogens is 1. The zero-order chi connectivity index (χ0) is 19.1. The molecule has 0 saturated carbocycles. The van der Waals surface area contributed by atoms with Crippen LogP contribution in [-0.2, 0) is 21.7 Å². The predicted molar refractivity (Wildman–Crippen MR) is 104 cm³/mol. The number of carbonyl (C=O) groups is 1. The number of hydrogen-bond acceptors (Lipinski definition) is 4. The Balaban J connectivity index is 1.98. The summed E-state index contributed by atoms with van der Waals surface area (Å²) in [6.07, 6.45) is 0. The number of benzene rings is 2. The average molecular weight is 409 g/mol. The maximum Gasteiger partial charge on any atom is 0.263 e. The highest BCUT2D eigenvalue weighted by molar-refractivity contribution is 7.92. The van der Waals surface area contributed by atoms with Crippen LogP contribution in [0.3, 0.4) is 0 Å². The molecule has 0 aliphatic rings. The summed E-state index contributed by atoms with van der Waals surface area (Å²) >= 11 is 7.49. The summed E-state index contributed by atoms with van der Waals surface area (Å²) in [5, 5.41) is 0.576. The van der Waals surface area contributed by atoms with Crippen LogP contribution in [-0.4, -0.2) is 24.6 Å². The topological polar surface area (TPSA) is 68.5 Å². The molecule has 0 bridgehead atoms. The number of thiazole rings is 1. The molecule has 0 saturated heterocycles. The number of nitrogens with zero attached hydrogens (tertiary/aromatic N) is 2. The van der Waals surface area contributed by atoms with E-state index >= 15 is 0 Å². The normalized spacial score (nSPS) is 12.7. The summed E-state index contributed by atoms with van der Waals surface area (Å²) in [6, 6.07) is 10.1. The van der Waals surface area contributed by atoms with Gasteiger partial charge in [-0.15, -0.1) is 0 Å². The van der Waals surface area contributed by atoms with Crippen LogP contribution in [0.5, 0.6) is 0 Å². The molecule has 1 heterocycles. The number of aryl methyl sites for hydroxylation is 3. The Hall–Kier alpha value is -1.96. The fourth-order valence-corrected chi connectivity index (χ4v) is 5.14. The Labute approximate surface area is 160 Å². The van der Waals surface area contributed by atoms with Gasteiger partial charge < -0.3 is 4.57 Å². The number of fused-ring (bicyclic) bond motifs is 1. The monoisotopic (exact) mass is 408 g/mol. The van der Waals surface area contributed by atoms with Crippen molar-refractivity contribution in [3.63, 3.8) is 0 Å². The largest absolute Gasteiger partial charge is 0.319 e. The minimum absolute atomic E-state index is 0.117. The van der Waals surface area contributed by atoms with Crippen molar-refractivity contribution in [1.82, 2.24) is 4.57 Å². The van der Waals surface area contributed by atoms with E-state index in [1.54, 1.807) is 29.8 Å². The number of amides is 1. The molecule has 3 rings (SSSR count). The van der Waals surface area contributed by atoms with E-state index in [-0.39, 0.29) is 4.90 Å². The fraction of sp³-hybridized carbons (Fsp3) is 0.222. The quantitative estimate of drug-likeness (QED) is 0.666. The van der Waals surface area contributed by atoms with Crippen LogP contribution in [0, 0.1) is 13.8 Å². The molecule has 0 atom stereocenters. The lowest BCUT2D eigenvalue weighted by molar-refractivity contribution is -0.115. The Morgan fingerprint density at radius 1 is 1.15 bits per heavy atom. The number of aromatic nitrogens is 1. The Bertz CT molecular complexity index is 1170. The predicted octanol–water partition coefficient (Wildman–Crippen LogP) is 3.41. The van der Waals surface area contributed by atoms with Crippen molar-refractivity contribution in [2.24, 2.45) is 12.0 Å². The van der Waals surface area contributed by atoms with Gasteiger partial charge in [0.25, 0.3) is 5.91 Å². The molecule has 0 aliphatic heterocycles. The standard InChI is InChI=1S/C18H17ClN2O3S2/c1-11-4-7-13(8-5-11)26(23,24)10-15(22)20-18-21(3)16-12(2)6-9-14(19)17(16)25-18/h4-9H,10H2,1-3H3. The second-order valence-corrected chi connectivity index (χ2v) is 9.44. The zero-order valence-corrected chi connectivity index (χ0v) is 16.9. The Morgan fingerprint density at radius 2 is 1.81 bits per heavy atom. The third-order valence-corrected chi connectivity index (χ3v) is 7.22. The SMILES string of the molecule is Cc1ccc(S(=O)(=O)CC(=O)N=c2sc3c(Cl)ccc(C)c3n2C)cc1. The van der Waals surface area contributed by atoms with Gasteiger partial charge in [0.1, 0.15) is 5.75 Å². The van der Waals surface area contributed by atoms with E-state index in [2.05, 4.69) is 4.99 Å². The first-order chi connectivity index (χ1) is 12.2. The van der Waals surface area contributed by atoms with Crippen LogP contribution >= 0.6 is 22.9 Å². The van der Waals surface area contributed by atoms with Crippen LogP contribution < -0.4 is 4.80 Å². The molecule has 3 aromatic rings. The summed E-state index contributed by atoms with van der Waals surface area (Å²) in [6.45, 7) is 3.81. The average Bonchev–Trinajstić information content (AvgIpc) is 2.89. The first-order valence-electron chi connectivity index (χ1n) is 7.80. The molecule has 0 N–H and O–H groups in total. The minimum atomic E-state index is -3.73. The van der Waals surface area contributed by atoms with E-state index in [0.717, 1.165) is 21.3 Å². The highest BCUT2D eigenvalue weighted by atomic mass is 35.5. The molecule has 0 aliphatic carbocycles. The van der Waals surface area contributed by atoms with E-state index in [1.165, 1.54) is 23.5 Å². The number of sulfone groups is 1. The summed E-state index contributed by atoms with van der Waals surface area (Å²) in [5.41, 5.74) is 2.84. The third kappa shape index (κ3) is 3.60. The highest BCUT2D eigenvalue weighted by Gasteiger charge is 2.19. The molecule has 0 fully saturated rings. The Kier molecular flexibility index (Phi) is 5.05. The number of rotatable bonds is 3. The van der Waals surface area contributed by atoms with Gasteiger partial charge in [-0.2, -0.15) is 4.99 Å². The highest BCUT2D eigenvalue weighted by Crippen LogP contribution is 2.28. The Morgan fingerprint density at radius 3 is 2.42 bits per heavy atom. The molecule has 26 heavy (non-hydrogen) atoms. The minimum Gasteiger partial charge on any atom is -0.319 e. The molecule has 0 unspecified atom stereocenters. The molecule has 0 spiro atoms. The van der Waals surface area contributed by atoms with E-state index in [1.807, 2.05) is 19.9 Å². The summed E-state index contributed by atoms with van der Waals surface area (Å²) in [4.78, 5) is 16.8. The van der Waals surface area contributed by atoms with E-state index in [4.69, 9.17) is 11.6 Å². The van der Waals surface area contributed by atoms with Crippen LogP contribution in [0.2, 0.25) is 5.02 Å². The van der Waals surface area contributed by atoms with E-state index in [0.29, 0.717) is 9.82 Å². The third-order valence-electron chi connectivity index (χ3n) is 4.01. The van der Waals surface area contributed by atoms with Crippen LogP contribution in [0.4, 0.5) is 0 Å². The first kappa shape index (κ1) is 18.8. The summed E-state index contributed by atoms with van der Waals surface area (Å²) < 4.78 is 27.4. The summed E-state index contributed by atoms with van der Waals surface area (Å²) in [5.74, 6) is -1.38. The first-order valence-corrected chi connectivity index (χ1v) is 10.7.